The normalized spacial score (nSPS) is 11.0. The van der Waals surface area contributed by atoms with Crippen LogP contribution in [0, 0.1) is 11.8 Å². The molecule has 0 radical (unpaired) electrons. The van der Waals surface area contributed by atoms with E-state index < -0.39 is 10.2 Å². The van der Waals surface area contributed by atoms with Gasteiger partial charge in [0, 0.05) is 16.6 Å². The quantitative estimate of drug-likeness (QED) is 0.734. The summed E-state index contributed by atoms with van der Waals surface area (Å²) in [5.41, 5.74) is 0.703. The monoisotopic (exact) mass is 302 g/mol. The van der Waals surface area contributed by atoms with Crippen LogP contribution in [0.4, 0.5) is 5.69 Å². The van der Waals surface area contributed by atoms with Gasteiger partial charge >= 0.3 is 0 Å². The molecule has 0 bridgehead atoms. The molecule has 5 nitrogen and oxygen atoms in total. The molecule has 0 aliphatic heterocycles. The molecule has 0 heterocycles. The Bertz CT molecular complexity index is 603. The second kappa shape index (κ2) is 6.78. The lowest BCUT2D eigenvalue weighted by molar-refractivity contribution is 0.350. The van der Waals surface area contributed by atoms with E-state index in [1.54, 1.807) is 26.0 Å². The summed E-state index contributed by atoms with van der Waals surface area (Å²) in [6.45, 7) is 3.12. The summed E-state index contributed by atoms with van der Waals surface area (Å²) in [6, 6.07) is 4.40. The minimum Gasteiger partial charge on any atom is -0.384 e. The molecule has 0 aliphatic rings. The van der Waals surface area contributed by atoms with Crippen molar-refractivity contribution in [3.8, 4) is 11.8 Å². The standard InChI is InChI=1S/C12H15ClN2O3S/c1-9(2)14-19(17,18)15-12-8-11(13)6-5-10(12)4-3-7-16/h5-6,8-9,14-16H,7H2,1-2H3. The van der Waals surface area contributed by atoms with Gasteiger partial charge in [0.2, 0.25) is 0 Å². The maximum absolute atomic E-state index is 11.8. The van der Waals surface area contributed by atoms with E-state index in [4.69, 9.17) is 16.7 Å². The molecule has 0 aromatic heterocycles. The van der Waals surface area contributed by atoms with Crippen LogP contribution in [0.2, 0.25) is 5.02 Å². The largest absolute Gasteiger partial charge is 0.384 e. The van der Waals surface area contributed by atoms with Crippen molar-refractivity contribution in [1.29, 1.82) is 0 Å². The second-order valence-electron chi connectivity index (χ2n) is 4.03. The Hall–Kier alpha value is -1.26. The Balaban J connectivity index is 3.09. The molecule has 1 aromatic carbocycles. The summed E-state index contributed by atoms with van der Waals surface area (Å²) >= 11 is 5.83. The van der Waals surface area contributed by atoms with E-state index in [0.29, 0.717) is 10.6 Å². The van der Waals surface area contributed by atoms with Crippen molar-refractivity contribution in [2.45, 2.75) is 19.9 Å². The van der Waals surface area contributed by atoms with Gasteiger partial charge in [0.25, 0.3) is 10.2 Å². The van der Waals surface area contributed by atoms with E-state index in [2.05, 4.69) is 21.3 Å². The first-order chi connectivity index (χ1) is 8.84. The van der Waals surface area contributed by atoms with Crippen molar-refractivity contribution in [2.75, 3.05) is 11.3 Å². The van der Waals surface area contributed by atoms with Crippen molar-refractivity contribution in [3.63, 3.8) is 0 Å². The Morgan fingerprint density at radius 2 is 2.11 bits per heavy atom. The lowest BCUT2D eigenvalue weighted by Gasteiger charge is -2.13. The molecule has 0 unspecified atom stereocenters. The summed E-state index contributed by atoms with van der Waals surface area (Å²) in [6.07, 6.45) is 0. The average Bonchev–Trinajstić information content (AvgIpc) is 2.25. The molecule has 0 atom stereocenters. The van der Waals surface area contributed by atoms with Crippen molar-refractivity contribution in [2.24, 2.45) is 0 Å². The summed E-state index contributed by atoms with van der Waals surface area (Å²) in [5.74, 6) is 5.11. The Morgan fingerprint density at radius 1 is 1.42 bits per heavy atom. The van der Waals surface area contributed by atoms with E-state index in [0.717, 1.165) is 0 Å². The first kappa shape index (κ1) is 15.8. The zero-order valence-electron chi connectivity index (χ0n) is 10.6. The topological polar surface area (TPSA) is 78.4 Å². The minimum atomic E-state index is -3.69. The van der Waals surface area contributed by atoms with E-state index in [1.165, 1.54) is 6.07 Å². The first-order valence-corrected chi connectivity index (χ1v) is 7.39. The molecule has 3 N–H and O–H groups in total. The van der Waals surface area contributed by atoms with Gasteiger partial charge in [-0.25, -0.2) is 0 Å². The zero-order valence-corrected chi connectivity index (χ0v) is 12.1. The summed E-state index contributed by atoms with van der Waals surface area (Å²) in [7, 11) is -3.69. The van der Waals surface area contributed by atoms with Gasteiger partial charge in [-0.15, -0.1) is 0 Å². The molecule has 0 amide bonds. The van der Waals surface area contributed by atoms with Crippen LogP contribution in [0.25, 0.3) is 0 Å². The van der Waals surface area contributed by atoms with Gasteiger partial charge in [0.05, 0.1) is 5.69 Å². The highest BCUT2D eigenvalue weighted by Gasteiger charge is 2.13. The van der Waals surface area contributed by atoms with Crippen LogP contribution in [0.1, 0.15) is 19.4 Å². The Labute approximate surface area is 118 Å². The number of anilines is 1. The predicted molar refractivity (Wildman–Crippen MR) is 76.2 cm³/mol. The van der Waals surface area contributed by atoms with Crippen LogP contribution < -0.4 is 9.44 Å². The van der Waals surface area contributed by atoms with Gasteiger partial charge in [-0.3, -0.25) is 4.72 Å². The molecule has 0 spiro atoms. The molecular formula is C12H15ClN2O3S. The van der Waals surface area contributed by atoms with E-state index in [1.807, 2.05) is 0 Å². The molecule has 1 aromatic rings. The number of aliphatic hydroxyl groups excluding tert-OH is 1. The third-order valence-corrected chi connectivity index (χ3v) is 3.42. The minimum absolute atomic E-state index is 0.233. The smallest absolute Gasteiger partial charge is 0.299 e. The molecule has 0 saturated heterocycles. The second-order valence-corrected chi connectivity index (χ2v) is 5.91. The summed E-state index contributed by atoms with van der Waals surface area (Å²) < 4.78 is 28.3. The maximum Gasteiger partial charge on any atom is 0.299 e. The van der Waals surface area contributed by atoms with Gasteiger partial charge in [0.1, 0.15) is 6.61 Å². The van der Waals surface area contributed by atoms with E-state index >= 15 is 0 Å². The number of rotatable bonds is 4. The van der Waals surface area contributed by atoms with Gasteiger partial charge < -0.3 is 5.11 Å². The van der Waals surface area contributed by atoms with Crippen LogP contribution in [-0.2, 0) is 10.2 Å². The number of benzene rings is 1. The number of hydrogen-bond acceptors (Lipinski definition) is 3. The molecule has 104 valence electrons. The van der Waals surface area contributed by atoms with Gasteiger partial charge in [-0.05, 0) is 32.0 Å². The van der Waals surface area contributed by atoms with E-state index in [-0.39, 0.29) is 18.3 Å². The molecular weight excluding hydrogens is 288 g/mol. The molecule has 19 heavy (non-hydrogen) atoms. The highest BCUT2D eigenvalue weighted by atomic mass is 35.5. The third kappa shape index (κ3) is 5.49. The molecule has 0 saturated carbocycles. The lowest BCUT2D eigenvalue weighted by atomic mass is 10.2. The fourth-order valence-electron chi connectivity index (χ4n) is 1.33. The maximum atomic E-state index is 11.8. The number of hydrogen-bond donors (Lipinski definition) is 3. The van der Waals surface area contributed by atoms with Gasteiger partial charge in [-0.2, -0.15) is 13.1 Å². The van der Waals surface area contributed by atoms with Crippen LogP contribution in [0.15, 0.2) is 18.2 Å². The fourth-order valence-corrected chi connectivity index (χ4v) is 2.64. The van der Waals surface area contributed by atoms with Crippen molar-refractivity contribution in [1.82, 2.24) is 4.72 Å². The number of halogens is 1. The van der Waals surface area contributed by atoms with Crippen LogP contribution in [0.3, 0.4) is 0 Å². The summed E-state index contributed by atoms with van der Waals surface area (Å²) in [4.78, 5) is 0. The Morgan fingerprint density at radius 3 is 2.68 bits per heavy atom. The van der Waals surface area contributed by atoms with Crippen molar-refractivity contribution in [3.05, 3.63) is 28.8 Å². The van der Waals surface area contributed by atoms with Crippen LogP contribution in [-0.4, -0.2) is 26.2 Å². The third-order valence-electron chi connectivity index (χ3n) is 1.92. The highest BCUT2D eigenvalue weighted by Crippen LogP contribution is 2.21. The zero-order chi connectivity index (χ0) is 14.5. The van der Waals surface area contributed by atoms with Gasteiger partial charge in [0.15, 0.2) is 0 Å². The molecule has 1 rings (SSSR count). The SMILES string of the molecule is CC(C)NS(=O)(=O)Nc1cc(Cl)ccc1C#CCO. The van der Waals surface area contributed by atoms with Crippen LogP contribution >= 0.6 is 11.6 Å². The highest BCUT2D eigenvalue weighted by molar-refractivity contribution is 7.90. The first-order valence-electron chi connectivity index (χ1n) is 5.53. The molecule has 0 aliphatic carbocycles. The number of aliphatic hydroxyl groups is 1. The molecule has 0 fully saturated rings. The van der Waals surface area contributed by atoms with Crippen molar-refractivity contribution < 1.29 is 13.5 Å². The van der Waals surface area contributed by atoms with E-state index in [9.17, 15) is 8.42 Å². The van der Waals surface area contributed by atoms with Crippen LogP contribution in [0.5, 0.6) is 0 Å². The Kier molecular flexibility index (Phi) is 5.63. The molecule has 7 heteroatoms. The van der Waals surface area contributed by atoms with Gasteiger partial charge in [-0.1, -0.05) is 23.4 Å². The number of nitrogens with one attached hydrogen (secondary N) is 2. The fraction of sp³-hybridized carbons (Fsp3) is 0.333. The predicted octanol–water partition coefficient (Wildman–Crippen LogP) is 1.34. The van der Waals surface area contributed by atoms with Crippen molar-refractivity contribution >= 4 is 27.5 Å². The summed E-state index contributed by atoms with van der Waals surface area (Å²) in [5, 5.41) is 9.06. The average molecular weight is 303 g/mol. The lowest BCUT2D eigenvalue weighted by Crippen LogP contribution is -2.35.